The largest absolute Gasteiger partial charge is 0.462 e. The average Bonchev–Trinajstić information content (AvgIpc) is 3.52. The SMILES string of the molecule is CC(=O)O[C@@H]1CC[C@]2(C)[C@@H]3CC[C@]4(C)[C@H]([C@H](C)[C@@H]5O[C@@H]5[C@H](C)C(C)C)CC[C@@H]4[C@@]34CC[C@]2(C1)OO4. The average molecular weight is 489 g/mol. The van der Waals surface area contributed by atoms with Crippen molar-refractivity contribution in [1.29, 1.82) is 0 Å². The quantitative estimate of drug-likeness (QED) is 0.252. The number of esters is 1. The molecule has 0 aromatic rings. The monoisotopic (exact) mass is 488 g/mol. The number of carbonyl (C=O) groups excluding carboxylic acids is 1. The number of ether oxygens (including phenoxy) is 2. The van der Waals surface area contributed by atoms with Crippen molar-refractivity contribution in [3.63, 3.8) is 0 Å². The zero-order chi connectivity index (χ0) is 25.0. The van der Waals surface area contributed by atoms with Gasteiger partial charge in [0.25, 0.3) is 0 Å². The predicted octanol–water partition coefficient (Wildman–Crippen LogP) is 6.48. The molecule has 7 aliphatic rings. The van der Waals surface area contributed by atoms with Crippen LogP contribution in [0.4, 0.5) is 0 Å². The fourth-order valence-corrected chi connectivity index (χ4v) is 10.5. The molecule has 0 amide bonds. The number of hydrogen-bond donors (Lipinski definition) is 0. The van der Waals surface area contributed by atoms with E-state index in [0.717, 1.165) is 32.1 Å². The minimum Gasteiger partial charge on any atom is -0.462 e. The van der Waals surface area contributed by atoms with Crippen molar-refractivity contribution < 1.29 is 24.0 Å². The van der Waals surface area contributed by atoms with Gasteiger partial charge in [0.2, 0.25) is 0 Å². The smallest absolute Gasteiger partial charge is 0.302 e. The van der Waals surface area contributed by atoms with Crippen LogP contribution in [0.25, 0.3) is 0 Å². The molecule has 0 aromatic heterocycles. The molecular weight excluding hydrogens is 440 g/mol. The van der Waals surface area contributed by atoms with E-state index < -0.39 is 0 Å². The molecule has 5 nitrogen and oxygen atoms in total. The van der Waals surface area contributed by atoms with Crippen molar-refractivity contribution in [2.45, 2.75) is 136 Å². The zero-order valence-electron chi connectivity index (χ0n) is 23.1. The Kier molecular flexibility index (Phi) is 5.59. The summed E-state index contributed by atoms with van der Waals surface area (Å²) in [5, 5.41) is 0. The Bertz CT molecular complexity index is 861. The molecule has 3 heterocycles. The molecule has 7 rings (SSSR count). The van der Waals surface area contributed by atoms with Crippen LogP contribution in [0.2, 0.25) is 0 Å². The van der Waals surface area contributed by atoms with E-state index in [1.54, 1.807) is 0 Å². The Morgan fingerprint density at radius 3 is 2.31 bits per heavy atom. The summed E-state index contributed by atoms with van der Waals surface area (Å²) >= 11 is 0. The van der Waals surface area contributed by atoms with Crippen LogP contribution in [0.1, 0.15) is 106 Å². The summed E-state index contributed by atoms with van der Waals surface area (Å²) in [4.78, 5) is 24.8. The maximum Gasteiger partial charge on any atom is 0.302 e. The summed E-state index contributed by atoms with van der Waals surface area (Å²) in [5.41, 5.74) is -0.0672. The second-order valence-corrected chi connectivity index (χ2v) is 14.4. The van der Waals surface area contributed by atoms with Gasteiger partial charge in [0.15, 0.2) is 0 Å². The molecule has 5 heteroatoms. The van der Waals surface area contributed by atoms with Crippen molar-refractivity contribution in [3.05, 3.63) is 0 Å². The molecular formula is C30H48O5. The highest BCUT2D eigenvalue weighted by Gasteiger charge is 2.76. The first-order chi connectivity index (χ1) is 16.5. The standard InChI is InChI=1S/C30H48O5/c1-17(2)18(3)25-26(33-25)19(4)22-8-9-23-27(22,6)12-11-24-28(7)13-10-21(32-20(5)31)16-29(28)14-15-30(23,24)35-34-29/h17-19,21-26H,8-16H2,1-7H3/t18-,19+,21-,22+,23+,24+,25-,26+,27-,28-,29-,30+/m1/s1. The molecule has 0 aromatic carbocycles. The van der Waals surface area contributed by atoms with Crippen LogP contribution in [0.3, 0.4) is 0 Å². The Hall–Kier alpha value is -0.650. The first-order valence-corrected chi connectivity index (χ1v) is 14.7. The van der Waals surface area contributed by atoms with Gasteiger partial charge >= 0.3 is 5.97 Å². The van der Waals surface area contributed by atoms with Crippen LogP contribution in [-0.4, -0.2) is 35.5 Å². The van der Waals surface area contributed by atoms with E-state index in [1.807, 2.05) is 0 Å². The van der Waals surface area contributed by atoms with Gasteiger partial charge in [-0.05, 0) is 92.3 Å². The maximum absolute atomic E-state index is 11.7. The third-order valence-electron chi connectivity index (χ3n) is 12.8. The Morgan fingerprint density at radius 1 is 0.886 bits per heavy atom. The highest BCUT2D eigenvalue weighted by atomic mass is 17.2. The molecule has 3 aliphatic heterocycles. The second-order valence-electron chi connectivity index (χ2n) is 14.4. The van der Waals surface area contributed by atoms with Crippen molar-refractivity contribution in [2.75, 3.05) is 0 Å². The number of fused-ring (bicyclic) bond motifs is 3. The number of carbonyl (C=O) groups is 1. The van der Waals surface area contributed by atoms with Crippen LogP contribution in [0.15, 0.2) is 0 Å². The summed E-state index contributed by atoms with van der Waals surface area (Å²) in [6, 6.07) is 0. The van der Waals surface area contributed by atoms with Gasteiger partial charge in [0, 0.05) is 18.8 Å². The van der Waals surface area contributed by atoms with Crippen molar-refractivity contribution in [3.8, 4) is 0 Å². The fourth-order valence-electron chi connectivity index (χ4n) is 10.5. The van der Waals surface area contributed by atoms with Crippen LogP contribution in [-0.2, 0) is 24.0 Å². The van der Waals surface area contributed by atoms with Gasteiger partial charge in [-0.15, -0.1) is 0 Å². The molecule has 3 saturated heterocycles. The molecule has 2 bridgehead atoms. The van der Waals surface area contributed by atoms with E-state index in [1.165, 1.54) is 32.6 Å². The Morgan fingerprint density at radius 2 is 1.66 bits per heavy atom. The maximum atomic E-state index is 11.7. The molecule has 0 unspecified atom stereocenters. The fraction of sp³-hybridized carbons (Fsp3) is 0.967. The van der Waals surface area contributed by atoms with Crippen LogP contribution < -0.4 is 0 Å². The molecule has 2 spiro atoms. The van der Waals surface area contributed by atoms with Crippen molar-refractivity contribution in [2.24, 2.45) is 46.3 Å². The van der Waals surface area contributed by atoms with Crippen molar-refractivity contribution in [1.82, 2.24) is 0 Å². The summed E-state index contributed by atoms with van der Waals surface area (Å²) in [6.45, 7) is 16.1. The molecule has 4 saturated carbocycles. The molecule has 12 atom stereocenters. The summed E-state index contributed by atoms with van der Waals surface area (Å²) in [5.74, 6) is 3.51. The lowest BCUT2D eigenvalue weighted by Crippen LogP contribution is -2.75. The van der Waals surface area contributed by atoms with Gasteiger partial charge in [0.1, 0.15) is 17.3 Å². The molecule has 7 fully saturated rings. The minimum atomic E-state index is -0.307. The predicted molar refractivity (Wildman–Crippen MR) is 133 cm³/mol. The minimum absolute atomic E-state index is 0.0416. The molecule has 35 heavy (non-hydrogen) atoms. The lowest BCUT2D eigenvalue weighted by Gasteiger charge is -2.72. The van der Waals surface area contributed by atoms with E-state index in [0.29, 0.717) is 53.1 Å². The van der Waals surface area contributed by atoms with Gasteiger partial charge in [-0.3, -0.25) is 4.79 Å². The topological polar surface area (TPSA) is 57.3 Å². The van der Waals surface area contributed by atoms with Crippen LogP contribution >= 0.6 is 0 Å². The van der Waals surface area contributed by atoms with Gasteiger partial charge in [-0.1, -0.05) is 41.5 Å². The number of hydrogen-bond acceptors (Lipinski definition) is 5. The van der Waals surface area contributed by atoms with E-state index in [4.69, 9.17) is 19.2 Å². The van der Waals surface area contributed by atoms with Gasteiger partial charge in [-0.2, -0.15) is 0 Å². The zero-order valence-corrected chi connectivity index (χ0v) is 23.1. The third kappa shape index (κ3) is 3.25. The summed E-state index contributed by atoms with van der Waals surface area (Å²) < 4.78 is 12.0. The summed E-state index contributed by atoms with van der Waals surface area (Å²) in [7, 11) is 0. The number of epoxide rings is 1. The second kappa shape index (κ2) is 7.93. The lowest BCUT2D eigenvalue weighted by molar-refractivity contribution is -0.536. The lowest BCUT2D eigenvalue weighted by atomic mass is 9.40. The Labute approximate surface area is 212 Å². The van der Waals surface area contributed by atoms with Gasteiger partial charge in [0.05, 0.1) is 12.2 Å². The first-order valence-electron chi connectivity index (χ1n) is 14.7. The molecule has 198 valence electrons. The first kappa shape index (κ1) is 24.7. The van der Waals surface area contributed by atoms with Crippen LogP contribution in [0, 0.1) is 46.3 Å². The Balaban J connectivity index is 1.24. The van der Waals surface area contributed by atoms with Gasteiger partial charge < -0.3 is 9.47 Å². The third-order valence-corrected chi connectivity index (χ3v) is 12.8. The van der Waals surface area contributed by atoms with E-state index in [2.05, 4.69) is 41.5 Å². The van der Waals surface area contributed by atoms with Crippen LogP contribution in [0.5, 0.6) is 0 Å². The molecule has 0 N–H and O–H groups in total. The van der Waals surface area contributed by atoms with E-state index >= 15 is 0 Å². The highest BCUT2D eigenvalue weighted by Crippen LogP contribution is 2.75. The normalized spacial score (nSPS) is 53.9. The van der Waals surface area contributed by atoms with Crippen molar-refractivity contribution >= 4 is 5.97 Å². The van der Waals surface area contributed by atoms with E-state index in [9.17, 15) is 4.79 Å². The highest BCUT2D eigenvalue weighted by molar-refractivity contribution is 5.66. The number of rotatable bonds is 5. The molecule has 4 aliphatic carbocycles. The van der Waals surface area contributed by atoms with E-state index in [-0.39, 0.29) is 28.7 Å². The summed E-state index contributed by atoms with van der Waals surface area (Å²) in [6.07, 6.45) is 10.8. The molecule has 0 radical (unpaired) electrons. The van der Waals surface area contributed by atoms with Gasteiger partial charge in [-0.25, -0.2) is 9.78 Å².